The number of nitrogens with zero attached hydrogens (tertiary/aromatic N) is 2. The highest BCUT2D eigenvalue weighted by atomic mass is 16.5. The van der Waals surface area contributed by atoms with Crippen molar-refractivity contribution in [2.75, 3.05) is 25.5 Å². The van der Waals surface area contributed by atoms with E-state index in [0.29, 0.717) is 30.6 Å². The second-order valence-corrected chi connectivity index (χ2v) is 5.29. The molecule has 3 rings (SSSR count). The molecule has 2 amide bonds. The number of nitrogens with two attached hydrogens (primary N) is 2. The van der Waals surface area contributed by atoms with Crippen LogP contribution in [0.25, 0.3) is 0 Å². The fraction of sp³-hybridized carbons (Fsp3) is 0.538. The first-order valence-corrected chi connectivity index (χ1v) is 6.73. The maximum absolute atomic E-state index is 12.7. The number of hydrogen-bond acceptors (Lipinski definition) is 4. The third-order valence-electron chi connectivity index (χ3n) is 3.75. The molecule has 1 unspecified atom stereocenters. The van der Waals surface area contributed by atoms with Crippen molar-refractivity contribution in [2.45, 2.75) is 24.9 Å². The van der Waals surface area contributed by atoms with Gasteiger partial charge in [0.15, 0.2) is 0 Å². The molecule has 1 atom stereocenters. The van der Waals surface area contributed by atoms with E-state index in [-0.39, 0.29) is 12.5 Å². The summed E-state index contributed by atoms with van der Waals surface area (Å²) < 4.78 is 7.14. The molecule has 0 bridgehead atoms. The monoisotopic (exact) mass is 278 g/mol. The van der Waals surface area contributed by atoms with E-state index in [1.54, 1.807) is 12.3 Å². The summed E-state index contributed by atoms with van der Waals surface area (Å²) >= 11 is 0. The Bertz CT molecular complexity index is 550. The Kier molecular flexibility index (Phi) is 3.13. The molecule has 1 aliphatic carbocycles. The molecule has 4 N–H and O–H groups in total. The average Bonchev–Trinajstić information content (AvgIpc) is 3.21. The summed E-state index contributed by atoms with van der Waals surface area (Å²) in [6, 6.07) is 1.30. The molecule has 1 aliphatic heterocycles. The lowest BCUT2D eigenvalue weighted by atomic mass is 10.2. The van der Waals surface area contributed by atoms with Crippen molar-refractivity contribution < 1.29 is 14.3 Å². The minimum absolute atomic E-state index is 0.153. The topological polar surface area (TPSA) is 104 Å². The van der Waals surface area contributed by atoms with Crippen molar-refractivity contribution in [3.8, 4) is 0 Å². The normalized spacial score (nSPS) is 22.8. The van der Waals surface area contributed by atoms with E-state index < -0.39 is 11.9 Å². The predicted octanol–water partition coefficient (Wildman–Crippen LogP) is -0.268. The zero-order valence-electron chi connectivity index (χ0n) is 11.1. The quantitative estimate of drug-likeness (QED) is 0.794. The number of carbonyl (C=O) groups excluding carboxylic acids is 2. The van der Waals surface area contributed by atoms with Crippen molar-refractivity contribution in [3.63, 3.8) is 0 Å². The second kappa shape index (κ2) is 4.82. The molecule has 2 aliphatic rings. The Morgan fingerprint density at radius 2 is 2.10 bits per heavy atom. The number of carbonyl (C=O) groups is 2. The Labute approximate surface area is 116 Å². The summed E-state index contributed by atoms with van der Waals surface area (Å²) in [7, 11) is 0. The molecule has 0 aromatic carbocycles. The third kappa shape index (κ3) is 2.24. The molecule has 20 heavy (non-hydrogen) atoms. The number of primary amides is 1. The Morgan fingerprint density at radius 1 is 1.35 bits per heavy atom. The Morgan fingerprint density at radius 3 is 2.75 bits per heavy atom. The number of hydrogen-bond donors (Lipinski definition) is 2. The smallest absolute Gasteiger partial charge is 0.271 e. The number of nitrogen functional groups attached to an aromatic ring is 1. The summed E-state index contributed by atoms with van der Waals surface area (Å²) in [6.07, 6.45) is 3.89. The number of ether oxygens (including phenoxy) is 1. The highest BCUT2D eigenvalue weighted by Gasteiger charge is 2.35. The van der Waals surface area contributed by atoms with Crippen LogP contribution < -0.4 is 11.5 Å². The van der Waals surface area contributed by atoms with E-state index in [1.807, 2.05) is 4.57 Å². The number of rotatable bonds is 3. The first-order valence-electron chi connectivity index (χ1n) is 6.73. The number of anilines is 1. The third-order valence-corrected chi connectivity index (χ3v) is 3.75. The summed E-state index contributed by atoms with van der Waals surface area (Å²) in [5.41, 5.74) is 12.2. The maximum atomic E-state index is 12.7. The van der Waals surface area contributed by atoms with Gasteiger partial charge >= 0.3 is 0 Å². The van der Waals surface area contributed by atoms with Crippen LogP contribution in [-0.2, 0) is 9.53 Å². The van der Waals surface area contributed by atoms with Gasteiger partial charge in [-0.05, 0) is 18.9 Å². The van der Waals surface area contributed by atoms with Crippen LogP contribution in [0.1, 0.15) is 29.4 Å². The first kappa shape index (κ1) is 13.0. The zero-order valence-corrected chi connectivity index (χ0v) is 11.1. The summed E-state index contributed by atoms with van der Waals surface area (Å²) in [5.74, 6) is -0.753. The molecule has 108 valence electrons. The Hall–Kier alpha value is -2.02. The van der Waals surface area contributed by atoms with Gasteiger partial charge in [-0.1, -0.05) is 0 Å². The van der Waals surface area contributed by atoms with Gasteiger partial charge in [0.2, 0.25) is 5.91 Å². The number of morpholine rings is 1. The molecule has 7 nitrogen and oxygen atoms in total. The molecule has 1 saturated heterocycles. The van der Waals surface area contributed by atoms with Gasteiger partial charge in [0.05, 0.1) is 18.9 Å². The summed E-state index contributed by atoms with van der Waals surface area (Å²) in [5, 5.41) is 0. The van der Waals surface area contributed by atoms with Crippen molar-refractivity contribution >= 4 is 17.5 Å². The molecule has 2 heterocycles. The highest BCUT2D eigenvalue weighted by molar-refractivity contribution is 5.97. The lowest BCUT2D eigenvalue weighted by molar-refractivity contribution is -0.127. The second-order valence-electron chi connectivity index (χ2n) is 5.29. The van der Waals surface area contributed by atoms with E-state index in [4.69, 9.17) is 16.2 Å². The number of aromatic nitrogens is 1. The fourth-order valence-corrected chi connectivity index (χ4v) is 2.56. The van der Waals surface area contributed by atoms with Crippen LogP contribution in [0.15, 0.2) is 12.3 Å². The van der Waals surface area contributed by atoms with Crippen LogP contribution >= 0.6 is 0 Å². The first-order chi connectivity index (χ1) is 9.58. The molecule has 7 heteroatoms. The molecular weight excluding hydrogens is 260 g/mol. The fourth-order valence-electron chi connectivity index (χ4n) is 2.56. The lowest BCUT2D eigenvalue weighted by Crippen LogP contribution is -2.55. The van der Waals surface area contributed by atoms with Crippen molar-refractivity contribution in [1.82, 2.24) is 9.47 Å². The van der Waals surface area contributed by atoms with Gasteiger partial charge in [0.1, 0.15) is 11.7 Å². The van der Waals surface area contributed by atoms with E-state index in [9.17, 15) is 9.59 Å². The van der Waals surface area contributed by atoms with Gasteiger partial charge < -0.3 is 25.7 Å². The van der Waals surface area contributed by atoms with Crippen molar-refractivity contribution in [1.29, 1.82) is 0 Å². The number of amides is 2. The molecule has 2 fully saturated rings. The van der Waals surface area contributed by atoms with Crippen LogP contribution in [0.3, 0.4) is 0 Å². The minimum atomic E-state index is -0.708. The molecule has 0 spiro atoms. The minimum Gasteiger partial charge on any atom is -0.397 e. The van der Waals surface area contributed by atoms with Gasteiger partial charge in [0, 0.05) is 18.8 Å². The van der Waals surface area contributed by atoms with E-state index in [2.05, 4.69) is 0 Å². The molecular formula is C13H18N4O3. The van der Waals surface area contributed by atoms with Crippen LogP contribution in [0.2, 0.25) is 0 Å². The summed E-state index contributed by atoms with van der Waals surface area (Å²) in [6.45, 7) is 0.929. The predicted molar refractivity (Wildman–Crippen MR) is 72.0 cm³/mol. The molecule has 1 saturated carbocycles. The molecule has 1 aromatic heterocycles. The summed E-state index contributed by atoms with van der Waals surface area (Å²) in [4.78, 5) is 25.6. The SMILES string of the molecule is NC(=O)C1COCCN1C(=O)c1cc(N)cn1C1CC1. The standard InChI is InChI=1S/C13H18N4O3/c14-8-5-10(17(6-8)9-1-2-9)13(19)16-3-4-20-7-11(16)12(15)18/h5-6,9,11H,1-4,7,14H2,(H2,15,18). The van der Waals surface area contributed by atoms with Crippen LogP contribution in [0.4, 0.5) is 5.69 Å². The largest absolute Gasteiger partial charge is 0.397 e. The van der Waals surface area contributed by atoms with Crippen LogP contribution in [0.5, 0.6) is 0 Å². The van der Waals surface area contributed by atoms with Gasteiger partial charge in [-0.15, -0.1) is 0 Å². The van der Waals surface area contributed by atoms with Gasteiger partial charge in [-0.25, -0.2) is 0 Å². The van der Waals surface area contributed by atoms with Crippen LogP contribution in [-0.4, -0.2) is 47.1 Å². The van der Waals surface area contributed by atoms with E-state index in [0.717, 1.165) is 12.8 Å². The molecule has 0 radical (unpaired) electrons. The average molecular weight is 278 g/mol. The van der Waals surface area contributed by atoms with E-state index >= 15 is 0 Å². The highest BCUT2D eigenvalue weighted by Crippen LogP contribution is 2.37. The van der Waals surface area contributed by atoms with Gasteiger partial charge in [-0.3, -0.25) is 9.59 Å². The van der Waals surface area contributed by atoms with E-state index in [1.165, 1.54) is 4.90 Å². The Balaban J connectivity index is 1.89. The van der Waals surface area contributed by atoms with Gasteiger partial charge in [0.25, 0.3) is 5.91 Å². The van der Waals surface area contributed by atoms with Crippen molar-refractivity contribution in [2.24, 2.45) is 5.73 Å². The van der Waals surface area contributed by atoms with Crippen LogP contribution in [0, 0.1) is 0 Å². The lowest BCUT2D eigenvalue weighted by Gasteiger charge is -2.33. The van der Waals surface area contributed by atoms with Crippen molar-refractivity contribution in [3.05, 3.63) is 18.0 Å². The van der Waals surface area contributed by atoms with Gasteiger partial charge in [-0.2, -0.15) is 0 Å². The molecule has 1 aromatic rings. The zero-order chi connectivity index (χ0) is 14.3. The maximum Gasteiger partial charge on any atom is 0.271 e.